The number of hydrogen-bond donors (Lipinski definition) is 1. The van der Waals surface area contributed by atoms with E-state index in [9.17, 15) is 18.3 Å². The maximum atomic E-state index is 13.1. The summed E-state index contributed by atoms with van der Waals surface area (Å²) in [4.78, 5) is 11.6. The van der Waals surface area contributed by atoms with E-state index in [1.54, 1.807) is 36.4 Å². The summed E-state index contributed by atoms with van der Waals surface area (Å²) in [5, 5.41) is 9.40. The molecule has 2 aromatic carbocycles. The first-order valence-corrected chi connectivity index (χ1v) is 9.09. The molecule has 0 fully saturated rings. The highest BCUT2D eigenvalue weighted by Gasteiger charge is 2.28. The lowest BCUT2D eigenvalue weighted by Crippen LogP contribution is -2.35. The van der Waals surface area contributed by atoms with Gasteiger partial charge in [-0.1, -0.05) is 43.7 Å². The van der Waals surface area contributed by atoms with Gasteiger partial charge in [0.15, 0.2) is 0 Å². The second-order valence-electron chi connectivity index (χ2n) is 6.07. The third kappa shape index (κ3) is 3.76. The Bertz CT molecular complexity index is 826. The fraction of sp³-hybridized carbons (Fsp3) is 0.278. The molecule has 0 spiro atoms. The van der Waals surface area contributed by atoms with Crippen molar-refractivity contribution in [3.05, 3.63) is 59.7 Å². The van der Waals surface area contributed by atoms with Crippen LogP contribution >= 0.6 is 0 Å². The van der Waals surface area contributed by atoms with Crippen LogP contribution in [-0.4, -0.2) is 26.0 Å². The third-order valence-corrected chi connectivity index (χ3v) is 5.34. The van der Waals surface area contributed by atoms with Crippen molar-refractivity contribution in [1.82, 2.24) is 0 Å². The first-order chi connectivity index (χ1) is 11.2. The molecule has 24 heavy (non-hydrogen) atoms. The van der Waals surface area contributed by atoms with Crippen molar-refractivity contribution in [3.8, 4) is 0 Å². The number of carboxylic acid groups (broad SMARTS) is 1. The van der Waals surface area contributed by atoms with E-state index in [2.05, 4.69) is 0 Å². The van der Waals surface area contributed by atoms with Gasteiger partial charge in [-0.15, -0.1) is 0 Å². The van der Waals surface area contributed by atoms with E-state index in [0.29, 0.717) is 0 Å². The van der Waals surface area contributed by atoms with Crippen LogP contribution < -0.4 is 4.31 Å². The van der Waals surface area contributed by atoms with Gasteiger partial charge < -0.3 is 5.11 Å². The Balaban J connectivity index is 2.61. The van der Waals surface area contributed by atoms with E-state index < -0.39 is 16.0 Å². The molecular formula is C18H21NO4S. The van der Waals surface area contributed by atoms with Gasteiger partial charge in [0.1, 0.15) is 0 Å². The summed E-state index contributed by atoms with van der Waals surface area (Å²) in [7, 11) is -3.85. The van der Waals surface area contributed by atoms with Gasteiger partial charge in [0, 0.05) is 6.54 Å². The van der Waals surface area contributed by atoms with E-state index >= 15 is 0 Å². The molecule has 0 aliphatic rings. The predicted molar refractivity (Wildman–Crippen MR) is 94.0 cm³/mol. The van der Waals surface area contributed by atoms with Crippen molar-refractivity contribution < 1.29 is 18.3 Å². The number of anilines is 1. The number of carboxylic acids is 1. The molecule has 0 aliphatic heterocycles. The van der Waals surface area contributed by atoms with Crippen LogP contribution in [0.15, 0.2) is 53.4 Å². The van der Waals surface area contributed by atoms with Gasteiger partial charge >= 0.3 is 5.97 Å². The van der Waals surface area contributed by atoms with Crippen LogP contribution in [0.3, 0.4) is 0 Å². The van der Waals surface area contributed by atoms with E-state index in [0.717, 1.165) is 5.56 Å². The second kappa shape index (κ2) is 7.05. The lowest BCUT2D eigenvalue weighted by Gasteiger charge is -2.27. The first kappa shape index (κ1) is 18.0. The lowest BCUT2D eigenvalue weighted by atomic mass is 10.1. The Kier molecular flexibility index (Phi) is 5.29. The van der Waals surface area contributed by atoms with Gasteiger partial charge in [-0.3, -0.25) is 4.31 Å². The van der Waals surface area contributed by atoms with Crippen LogP contribution in [0.4, 0.5) is 5.69 Å². The molecule has 0 amide bonds. The van der Waals surface area contributed by atoms with Crippen LogP contribution in [0.25, 0.3) is 0 Å². The summed E-state index contributed by atoms with van der Waals surface area (Å²) in [6, 6.07) is 12.7. The quantitative estimate of drug-likeness (QED) is 0.867. The monoisotopic (exact) mass is 347 g/mol. The Hall–Kier alpha value is -2.34. The van der Waals surface area contributed by atoms with Crippen molar-refractivity contribution in [3.63, 3.8) is 0 Å². The van der Waals surface area contributed by atoms with Crippen LogP contribution in [0.5, 0.6) is 0 Å². The van der Waals surface area contributed by atoms with E-state index in [1.807, 2.05) is 20.8 Å². The highest BCUT2D eigenvalue weighted by Crippen LogP contribution is 2.28. The highest BCUT2D eigenvalue weighted by atomic mass is 32.2. The van der Waals surface area contributed by atoms with Gasteiger partial charge in [-0.2, -0.15) is 0 Å². The minimum Gasteiger partial charge on any atom is -0.478 e. The lowest BCUT2D eigenvalue weighted by molar-refractivity contribution is 0.0697. The molecule has 0 heterocycles. The largest absolute Gasteiger partial charge is 0.478 e. The SMILES string of the molecule is Cc1ccc(S(=O)(=O)N(CC(C)C)c2ccccc2C(=O)O)cc1. The van der Waals surface area contributed by atoms with Crippen LogP contribution in [0.2, 0.25) is 0 Å². The number of carbonyl (C=O) groups is 1. The number of nitrogens with zero attached hydrogens (tertiary/aromatic N) is 1. The molecule has 2 aromatic rings. The Labute approximate surface area is 142 Å². The Morgan fingerprint density at radius 3 is 2.21 bits per heavy atom. The van der Waals surface area contributed by atoms with Crippen LogP contribution in [-0.2, 0) is 10.0 Å². The van der Waals surface area contributed by atoms with Crippen molar-refractivity contribution in [1.29, 1.82) is 0 Å². The smallest absolute Gasteiger partial charge is 0.337 e. The fourth-order valence-corrected chi connectivity index (χ4v) is 4.01. The minimum absolute atomic E-state index is 0.0335. The summed E-state index contributed by atoms with van der Waals surface area (Å²) < 4.78 is 27.4. The van der Waals surface area contributed by atoms with Gasteiger partial charge in [-0.25, -0.2) is 13.2 Å². The molecule has 0 atom stereocenters. The van der Waals surface area contributed by atoms with Gasteiger partial charge in [-0.05, 0) is 37.1 Å². The normalized spacial score (nSPS) is 11.5. The molecule has 0 aliphatic carbocycles. The molecule has 2 rings (SSSR count). The number of benzene rings is 2. The zero-order chi connectivity index (χ0) is 17.9. The summed E-state index contributed by atoms with van der Waals surface area (Å²) in [5.41, 5.74) is 1.10. The van der Waals surface area contributed by atoms with Crippen LogP contribution in [0, 0.1) is 12.8 Å². The van der Waals surface area contributed by atoms with Gasteiger partial charge in [0.05, 0.1) is 16.1 Å². The maximum Gasteiger partial charge on any atom is 0.337 e. The molecule has 1 N–H and O–H groups in total. The average molecular weight is 347 g/mol. The number of aryl methyl sites for hydroxylation is 1. The summed E-state index contributed by atoms with van der Waals surface area (Å²) in [6.07, 6.45) is 0. The molecule has 0 saturated carbocycles. The number of para-hydroxylation sites is 1. The minimum atomic E-state index is -3.85. The van der Waals surface area contributed by atoms with E-state index in [1.165, 1.54) is 16.4 Å². The van der Waals surface area contributed by atoms with Crippen LogP contribution in [0.1, 0.15) is 29.8 Å². The molecule has 0 radical (unpaired) electrons. The summed E-state index contributed by atoms with van der Waals surface area (Å²) in [6.45, 7) is 5.85. The second-order valence-corrected chi connectivity index (χ2v) is 7.93. The third-order valence-electron chi connectivity index (χ3n) is 3.54. The maximum absolute atomic E-state index is 13.1. The molecule has 0 bridgehead atoms. The molecule has 5 nitrogen and oxygen atoms in total. The topological polar surface area (TPSA) is 74.7 Å². The Morgan fingerprint density at radius 2 is 1.67 bits per heavy atom. The summed E-state index contributed by atoms with van der Waals surface area (Å²) in [5.74, 6) is -1.12. The fourth-order valence-electron chi connectivity index (χ4n) is 2.37. The van der Waals surface area contributed by atoms with Crippen molar-refractivity contribution in [2.24, 2.45) is 5.92 Å². The number of sulfonamides is 1. The molecular weight excluding hydrogens is 326 g/mol. The zero-order valence-electron chi connectivity index (χ0n) is 13.9. The standard InChI is InChI=1S/C18H21NO4S/c1-13(2)12-19(17-7-5-4-6-16(17)18(20)21)24(22,23)15-10-8-14(3)9-11-15/h4-11,13H,12H2,1-3H3,(H,20,21). The Morgan fingerprint density at radius 1 is 1.08 bits per heavy atom. The first-order valence-electron chi connectivity index (χ1n) is 7.65. The number of aromatic carboxylic acids is 1. The van der Waals surface area contributed by atoms with Crippen molar-refractivity contribution >= 4 is 21.7 Å². The molecule has 6 heteroatoms. The number of rotatable bonds is 6. The summed E-state index contributed by atoms with van der Waals surface area (Å²) >= 11 is 0. The van der Waals surface area contributed by atoms with E-state index in [4.69, 9.17) is 0 Å². The molecule has 0 unspecified atom stereocenters. The molecule has 128 valence electrons. The predicted octanol–water partition coefficient (Wildman–Crippen LogP) is 3.54. The molecule has 0 aromatic heterocycles. The molecule has 0 saturated heterocycles. The van der Waals surface area contributed by atoms with Crippen molar-refractivity contribution in [2.45, 2.75) is 25.7 Å². The average Bonchev–Trinajstić information content (AvgIpc) is 2.52. The highest BCUT2D eigenvalue weighted by molar-refractivity contribution is 7.92. The van der Waals surface area contributed by atoms with Gasteiger partial charge in [0.25, 0.3) is 10.0 Å². The van der Waals surface area contributed by atoms with E-state index in [-0.39, 0.29) is 28.6 Å². The zero-order valence-corrected chi connectivity index (χ0v) is 14.7. The van der Waals surface area contributed by atoms with Crippen molar-refractivity contribution in [2.75, 3.05) is 10.8 Å². The number of hydrogen-bond acceptors (Lipinski definition) is 3. The van der Waals surface area contributed by atoms with Gasteiger partial charge in [0.2, 0.25) is 0 Å².